The minimum atomic E-state index is -0.611. The van der Waals surface area contributed by atoms with Crippen LogP contribution in [0.2, 0.25) is 10.0 Å². The maximum Gasteiger partial charge on any atom is 0.289 e. The second-order valence-electron chi connectivity index (χ2n) is 3.95. The number of nitrogens with zero attached hydrogens (tertiary/aromatic N) is 2. The predicted molar refractivity (Wildman–Crippen MR) is 85.3 cm³/mol. The summed E-state index contributed by atoms with van der Waals surface area (Å²) in [6, 6.07) is 9.35. The van der Waals surface area contributed by atoms with Crippen LogP contribution < -0.4 is 5.32 Å². The molecule has 8 heteroatoms. The van der Waals surface area contributed by atoms with Gasteiger partial charge in [0, 0.05) is 16.2 Å². The number of hydrogen-bond acceptors (Lipinski definition) is 4. The van der Waals surface area contributed by atoms with Crippen molar-refractivity contribution in [1.82, 2.24) is 0 Å². The van der Waals surface area contributed by atoms with Crippen molar-refractivity contribution in [3.63, 3.8) is 0 Å². The van der Waals surface area contributed by atoms with Crippen LogP contribution in [-0.2, 0) is 0 Å². The number of hydrogen-bond donors (Lipinski definition) is 1. The Morgan fingerprint density at radius 2 is 1.95 bits per heavy atom. The minimum absolute atomic E-state index is 0.00881. The molecule has 0 saturated heterocycles. The predicted octanol–water partition coefficient (Wildman–Crippen LogP) is 5.28. The normalized spacial score (nSPS) is 10.0. The van der Waals surface area contributed by atoms with Gasteiger partial charge in [-0.1, -0.05) is 23.2 Å². The van der Waals surface area contributed by atoms with Gasteiger partial charge >= 0.3 is 0 Å². The lowest BCUT2D eigenvalue weighted by Crippen LogP contribution is -1.96. The van der Waals surface area contributed by atoms with Crippen LogP contribution in [0, 0.1) is 21.4 Å². The number of nitriles is 1. The molecule has 0 aliphatic carbocycles. The Balaban J connectivity index is 2.42. The van der Waals surface area contributed by atoms with Crippen LogP contribution in [0.4, 0.5) is 17.1 Å². The van der Waals surface area contributed by atoms with Gasteiger partial charge in [-0.2, -0.15) is 5.26 Å². The van der Waals surface area contributed by atoms with E-state index in [1.165, 1.54) is 12.1 Å². The molecule has 2 aromatic rings. The lowest BCUT2D eigenvalue weighted by Gasteiger charge is -2.10. The fourth-order valence-electron chi connectivity index (χ4n) is 1.63. The summed E-state index contributed by atoms with van der Waals surface area (Å²) >= 11 is 15.4. The molecule has 0 aromatic heterocycles. The largest absolute Gasteiger partial charge is 0.354 e. The summed E-state index contributed by atoms with van der Waals surface area (Å²) in [5.74, 6) is 0. The summed E-state index contributed by atoms with van der Waals surface area (Å²) in [5.41, 5.74) is 0.650. The summed E-state index contributed by atoms with van der Waals surface area (Å²) < 4.78 is 0.644. The molecule has 2 aromatic carbocycles. The molecule has 0 spiro atoms. The third kappa shape index (κ3) is 3.27. The van der Waals surface area contributed by atoms with Crippen molar-refractivity contribution in [3.8, 4) is 6.07 Å². The van der Waals surface area contributed by atoms with Gasteiger partial charge in [-0.3, -0.25) is 10.1 Å². The summed E-state index contributed by atoms with van der Waals surface area (Å²) in [6.07, 6.45) is 0. The zero-order valence-electron chi connectivity index (χ0n) is 10.2. The number of nitrogens with one attached hydrogen (secondary N) is 1. The number of nitro groups is 1. The standard InChI is InChI=1S/C13H6BrCl2N3O2/c14-9-3-4-10(13(16)12(9)15)18-8-2-1-7(6-17)11(5-8)19(20)21/h1-5,18H. The fourth-order valence-corrected chi connectivity index (χ4v) is 2.45. The highest BCUT2D eigenvalue weighted by Gasteiger charge is 2.15. The van der Waals surface area contributed by atoms with Crippen LogP contribution in [0.15, 0.2) is 34.8 Å². The van der Waals surface area contributed by atoms with E-state index in [9.17, 15) is 10.1 Å². The molecule has 21 heavy (non-hydrogen) atoms. The Labute approximate surface area is 138 Å². The first kappa shape index (κ1) is 15.6. The first-order chi connectivity index (χ1) is 9.93. The van der Waals surface area contributed by atoms with Crippen LogP contribution in [-0.4, -0.2) is 4.92 Å². The highest BCUT2D eigenvalue weighted by molar-refractivity contribution is 9.10. The molecule has 1 N–H and O–H groups in total. The maximum absolute atomic E-state index is 10.9. The van der Waals surface area contributed by atoms with Crippen LogP contribution in [0.5, 0.6) is 0 Å². The molecule has 0 radical (unpaired) electrons. The number of halogens is 3. The Morgan fingerprint density at radius 3 is 2.57 bits per heavy atom. The quantitative estimate of drug-likeness (QED) is 0.442. The van der Waals surface area contributed by atoms with Crippen molar-refractivity contribution in [2.75, 3.05) is 5.32 Å². The average Bonchev–Trinajstić information content (AvgIpc) is 2.47. The lowest BCUT2D eigenvalue weighted by atomic mass is 10.1. The highest BCUT2D eigenvalue weighted by atomic mass is 79.9. The molecule has 0 aliphatic heterocycles. The van der Waals surface area contributed by atoms with Gasteiger partial charge in [0.25, 0.3) is 5.69 Å². The lowest BCUT2D eigenvalue weighted by molar-refractivity contribution is -0.385. The van der Waals surface area contributed by atoms with E-state index in [-0.39, 0.29) is 16.3 Å². The van der Waals surface area contributed by atoms with Gasteiger partial charge in [0.05, 0.1) is 20.7 Å². The minimum Gasteiger partial charge on any atom is -0.354 e. The Bertz CT molecular complexity index is 775. The van der Waals surface area contributed by atoms with Gasteiger partial charge in [-0.25, -0.2) is 0 Å². The molecule has 106 valence electrons. The van der Waals surface area contributed by atoms with E-state index in [1.807, 2.05) is 0 Å². The topological polar surface area (TPSA) is 79.0 Å². The molecule has 0 atom stereocenters. The Kier molecular flexibility index (Phi) is 4.68. The van der Waals surface area contributed by atoms with Crippen LogP contribution >= 0.6 is 39.1 Å². The number of nitro benzene ring substituents is 1. The average molecular weight is 387 g/mol. The molecular formula is C13H6BrCl2N3O2. The van der Waals surface area contributed by atoms with Crippen molar-refractivity contribution in [2.24, 2.45) is 0 Å². The third-order valence-corrected chi connectivity index (χ3v) is 4.40. The molecule has 0 heterocycles. The van der Waals surface area contributed by atoms with Gasteiger partial charge < -0.3 is 5.32 Å². The van der Waals surface area contributed by atoms with Crippen molar-refractivity contribution in [2.45, 2.75) is 0 Å². The highest BCUT2D eigenvalue weighted by Crippen LogP contribution is 2.37. The second kappa shape index (κ2) is 6.31. The monoisotopic (exact) mass is 385 g/mol. The SMILES string of the molecule is N#Cc1ccc(Nc2ccc(Br)c(Cl)c2Cl)cc1[N+](=O)[O-]. The van der Waals surface area contributed by atoms with Gasteiger partial charge in [0.1, 0.15) is 11.6 Å². The van der Waals surface area contributed by atoms with E-state index in [0.29, 0.717) is 20.9 Å². The summed E-state index contributed by atoms with van der Waals surface area (Å²) in [7, 11) is 0. The zero-order valence-corrected chi connectivity index (χ0v) is 13.3. The summed E-state index contributed by atoms with van der Waals surface area (Å²) in [5, 5.41) is 23.3. The zero-order chi connectivity index (χ0) is 15.6. The number of benzene rings is 2. The van der Waals surface area contributed by atoms with E-state index in [2.05, 4.69) is 21.2 Å². The van der Waals surface area contributed by atoms with Crippen molar-refractivity contribution < 1.29 is 4.92 Å². The van der Waals surface area contributed by atoms with E-state index in [0.717, 1.165) is 0 Å². The Morgan fingerprint density at radius 1 is 1.24 bits per heavy atom. The van der Waals surface area contributed by atoms with Crippen LogP contribution in [0.1, 0.15) is 5.56 Å². The summed E-state index contributed by atoms with van der Waals surface area (Å²) in [4.78, 5) is 10.3. The third-order valence-electron chi connectivity index (χ3n) is 2.63. The van der Waals surface area contributed by atoms with Gasteiger partial charge in [0.15, 0.2) is 0 Å². The van der Waals surface area contributed by atoms with Crippen molar-refractivity contribution in [1.29, 1.82) is 5.26 Å². The van der Waals surface area contributed by atoms with Gasteiger partial charge in [-0.05, 0) is 40.2 Å². The van der Waals surface area contributed by atoms with E-state index in [1.54, 1.807) is 24.3 Å². The molecule has 0 bridgehead atoms. The van der Waals surface area contributed by atoms with Gasteiger partial charge in [-0.15, -0.1) is 0 Å². The molecule has 0 aliphatic rings. The first-order valence-electron chi connectivity index (χ1n) is 5.53. The first-order valence-corrected chi connectivity index (χ1v) is 7.08. The van der Waals surface area contributed by atoms with E-state index < -0.39 is 4.92 Å². The summed E-state index contributed by atoms with van der Waals surface area (Å²) in [6.45, 7) is 0. The van der Waals surface area contributed by atoms with E-state index >= 15 is 0 Å². The Hall–Kier alpha value is -1.81. The van der Waals surface area contributed by atoms with Crippen molar-refractivity contribution >= 4 is 56.2 Å². The molecule has 0 unspecified atom stereocenters. The molecular weight excluding hydrogens is 381 g/mol. The maximum atomic E-state index is 10.9. The fraction of sp³-hybridized carbons (Fsp3) is 0. The molecule has 0 saturated carbocycles. The van der Waals surface area contributed by atoms with Crippen molar-refractivity contribution in [3.05, 3.63) is 60.5 Å². The number of anilines is 2. The van der Waals surface area contributed by atoms with Crippen LogP contribution in [0.25, 0.3) is 0 Å². The van der Waals surface area contributed by atoms with E-state index in [4.69, 9.17) is 28.5 Å². The molecule has 0 amide bonds. The second-order valence-corrected chi connectivity index (χ2v) is 5.56. The molecule has 0 fully saturated rings. The van der Waals surface area contributed by atoms with Crippen LogP contribution in [0.3, 0.4) is 0 Å². The molecule has 2 rings (SSSR count). The number of rotatable bonds is 3. The smallest absolute Gasteiger partial charge is 0.289 e. The molecule has 5 nitrogen and oxygen atoms in total. The van der Waals surface area contributed by atoms with Gasteiger partial charge in [0.2, 0.25) is 0 Å².